The molecule has 0 spiro atoms. The average Bonchev–Trinajstić information content (AvgIpc) is 3.26. The Bertz CT molecular complexity index is 801. The molecule has 3 aromatic rings. The first-order chi connectivity index (χ1) is 12.8. The van der Waals surface area contributed by atoms with Crippen LogP contribution in [0.1, 0.15) is 17.0 Å². The van der Waals surface area contributed by atoms with Crippen molar-refractivity contribution in [3.8, 4) is 0 Å². The summed E-state index contributed by atoms with van der Waals surface area (Å²) in [7, 11) is 0. The van der Waals surface area contributed by atoms with E-state index in [-0.39, 0.29) is 5.91 Å². The summed E-state index contributed by atoms with van der Waals surface area (Å²) in [4.78, 5) is 23.7. The quantitative estimate of drug-likeness (QED) is 0.761. The molecular weight excluding hydrogens is 324 g/mol. The Morgan fingerprint density at radius 1 is 0.923 bits per heavy atom. The highest BCUT2D eigenvalue weighted by molar-refractivity contribution is 5.95. The molecule has 2 heterocycles. The van der Waals surface area contributed by atoms with Gasteiger partial charge in [-0.25, -0.2) is 4.98 Å². The molecule has 26 heavy (non-hydrogen) atoms. The standard InChI is InChI=1S/C21H22N4O/c26-20(25-15-13-22-14-16-25)21(19-23-11-12-24-19,17-7-3-1-4-8-17)18-9-5-2-6-10-18/h1-12,22H,13-16H2,(H,23,24). The first kappa shape index (κ1) is 16.5. The van der Waals surface area contributed by atoms with Crippen LogP contribution in [0.3, 0.4) is 0 Å². The summed E-state index contributed by atoms with van der Waals surface area (Å²) in [6.07, 6.45) is 3.49. The highest BCUT2D eigenvalue weighted by Crippen LogP contribution is 2.39. The highest BCUT2D eigenvalue weighted by Gasteiger charge is 2.48. The van der Waals surface area contributed by atoms with Gasteiger partial charge in [0.1, 0.15) is 5.82 Å². The van der Waals surface area contributed by atoms with E-state index in [1.54, 1.807) is 12.4 Å². The number of carbonyl (C=O) groups excluding carboxylic acids is 1. The summed E-state index contributed by atoms with van der Waals surface area (Å²) in [5.41, 5.74) is 0.859. The summed E-state index contributed by atoms with van der Waals surface area (Å²) in [5, 5.41) is 3.32. The van der Waals surface area contributed by atoms with Gasteiger partial charge >= 0.3 is 0 Å². The van der Waals surface area contributed by atoms with E-state index in [9.17, 15) is 4.79 Å². The number of aromatic amines is 1. The van der Waals surface area contributed by atoms with Gasteiger partial charge in [0.25, 0.3) is 0 Å². The van der Waals surface area contributed by atoms with E-state index < -0.39 is 5.41 Å². The SMILES string of the molecule is O=C(N1CCNCC1)C(c1ccccc1)(c1ccccc1)c1ncc[nH]1. The lowest BCUT2D eigenvalue weighted by atomic mass is 9.72. The minimum absolute atomic E-state index is 0.0614. The molecule has 5 nitrogen and oxygen atoms in total. The predicted molar refractivity (Wildman–Crippen MR) is 101 cm³/mol. The van der Waals surface area contributed by atoms with Gasteiger partial charge in [-0.1, -0.05) is 60.7 Å². The van der Waals surface area contributed by atoms with Gasteiger partial charge in [-0.05, 0) is 11.1 Å². The van der Waals surface area contributed by atoms with Gasteiger partial charge in [-0.15, -0.1) is 0 Å². The number of nitrogens with one attached hydrogen (secondary N) is 2. The zero-order valence-electron chi connectivity index (χ0n) is 14.6. The van der Waals surface area contributed by atoms with Crippen molar-refractivity contribution in [2.75, 3.05) is 26.2 Å². The minimum Gasteiger partial charge on any atom is -0.347 e. The molecule has 1 aliphatic heterocycles. The highest BCUT2D eigenvalue weighted by atomic mass is 16.2. The zero-order valence-corrected chi connectivity index (χ0v) is 14.6. The molecule has 132 valence electrons. The molecule has 1 saturated heterocycles. The number of imidazole rings is 1. The third-order valence-corrected chi connectivity index (χ3v) is 4.99. The number of benzene rings is 2. The Morgan fingerprint density at radius 2 is 1.50 bits per heavy atom. The van der Waals surface area contributed by atoms with Crippen molar-refractivity contribution in [2.45, 2.75) is 5.41 Å². The van der Waals surface area contributed by atoms with Crippen LogP contribution in [0.2, 0.25) is 0 Å². The zero-order chi connectivity index (χ0) is 17.8. The summed E-state index contributed by atoms with van der Waals surface area (Å²) >= 11 is 0. The van der Waals surface area contributed by atoms with Crippen LogP contribution in [0.5, 0.6) is 0 Å². The molecule has 1 aromatic heterocycles. The maximum absolute atomic E-state index is 14.0. The molecule has 2 aromatic carbocycles. The van der Waals surface area contributed by atoms with E-state index in [1.807, 2.05) is 65.6 Å². The second-order valence-corrected chi connectivity index (χ2v) is 6.46. The first-order valence-electron chi connectivity index (χ1n) is 8.94. The van der Waals surface area contributed by atoms with Gasteiger partial charge in [0.15, 0.2) is 5.41 Å². The number of nitrogens with zero attached hydrogens (tertiary/aromatic N) is 2. The van der Waals surface area contributed by atoms with E-state index in [1.165, 1.54) is 0 Å². The fourth-order valence-electron chi connectivity index (χ4n) is 3.74. The maximum atomic E-state index is 14.0. The molecular formula is C21H22N4O. The lowest BCUT2D eigenvalue weighted by Crippen LogP contribution is -2.54. The summed E-state index contributed by atoms with van der Waals surface area (Å²) in [5.74, 6) is 0.713. The van der Waals surface area contributed by atoms with Crippen LogP contribution >= 0.6 is 0 Å². The van der Waals surface area contributed by atoms with Crippen LogP contribution in [0.15, 0.2) is 73.1 Å². The summed E-state index contributed by atoms with van der Waals surface area (Å²) in [6.45, 7) is 3.01. The topological polar surface area (TPSA) is 61.0 Å². The lowest BCUT2D eigenvalue weighted by molar-refractivity contribution is -0.135. The molecule has 0 atom stereocenters. The molecule has 0 saturated carbocycles. The molecule has 0 aliphatic carbocycles. The van der Waals surface area contributed by atoms with Crippen molar-refractivity contribution in [1.29, 1.82) is 0 Å². The van der Waals surface area contributed by atoms with Crippen molar-refractivity contribution < 1.29 is 4.79 Å². The fraction of sp³-hybridized carbons (Fsp3) is 0.238. The number of piperazine rings is 1. The van der Waals surface area contributed by atoms with Crippen molar-refractivity contribution in [1.82, 2.24) is 20.2 Å². The second-order valence-electron chi connectivity index (χ2n) is 6.46. The Labute approximate surface area is 153 Å². The van der Waals surface area contributed by atoms with E-state index in [4.69, 9.17) is 0 Å². The van der Waals surface area contributed by atoms with Gasteiger partial charge in [0.2, 0.25) is 5.91 Å². The van der Waals surface area contributed by atoms with Gasteiger partial charge < -0.3 is 15.2 Å². The summed E-state index contributed by atoms with van der Waals surface area (Å²) in [6, 6.07) is 19.9. The average molecular weight is 346 g/mol. The minimum atomic E-state index is -0.983. The molecule has 1 fully saturated rings. The largest absolute Gasteiger partial charge is 0.347 e. The van der Waals surface area contributed by atoms with Crippen molar-refractivity contribution in [3.63, 3.8) is 0 Å². The van der Waals surface area contributed by atoms with Crippen LogP contribution in [0.4, 0.5) is 0 Å². The van der Waals surface area contributed by atoms with Gasteiger partial charge in [-0.2, -0.15) is 0 Å². The summed E-state index contributed by atoms with van der Waals surface area (Å²) < 4.78 is 0. The Balaban J connectivity index is 1.96. The van der Waals surface area contributed by atoms with E-state index in [2.05, 4.69) is 15.3 Å². The normalized spacial score (nSPS) is 15.0. The molecule has 0 unspecified atom stereocenters. The molecule has 0 radical (unpaired) electrons. The number of H-pyrrole nitrogens is 1. The number of hydrogen-bond donors (Lipinski definition) is 2. The molecule has 5 heteroatoms. The number of hydrogen-bond acceptors (Lipinski definition) is 3. The Hall–Kier alpha value is -2.92. The van der Waals surface area contributed by atoms with Crippen LogP contribution in [0, 0.1) is 0 Å². The number of rotatable bonds is 4. The fourth-order valence-corrected chi connectivity index (χ4v) is 3.74. The lowest BCUT2D eigenvalue weighted by Gasteiger charge is -2.38. The van der Waals surface area contributed by atoms with Crippen molar-refractivity contribution in [2.24, 2.45) is 0 Å². The second kappa shape index (κ2) is 7.14. The van der Waals surface area contributed by atoms with Crippen LogP contribution in [-0.2, 0) is 10.2 Å². The van der Waals surface area contributed by atoms with E-state index >= 15 is 0 Å². The molecule has 2 N–H and O–H groups in total. The molecule has 1 aliphatic rings. The van der Waals surface area contributed by atoms with Gasteiger partial charge in [-0.3, -0.25) is 4.79 Å². The van der Waals surface area contributed by atoms with E-state index in [0.29, 0.717) is 18.9 Å². The third kappa shape index (κ3) is 2.70. The number of aromatic nitrogens is 2. The Kier molecular flexibility index (Phi) is 4.54. The van der Waals surface area contributed by atoms with Crippen LogP contribution < -0.4 is 5.32 Å². The molecule has 0 bridgehead atoms. The number of amides is 1. The molecule has 4 rings (SSSR count). The molecule has 1 amide bonds. The van der Waals surface area contributed by atoms with Crippen molar-refractivity contribution >= 4 is 5.91 Å². The number of carbonyl (C=O) groups is 1. The third-order valence-electron chi connectivity index (χ3n) is 4.99. The smallest absolute Gasteiger partial charge is 0.245 e. The van der Waals surface area contributed by atoms with Crippen molar-refractivity contribution in [3.05, 3.63) is 90.0 Å². The van der Waals surface area contributed by atoms with Crippen LogP contribution in [-0.4, -0.2) is 47.0 Å². The first-order valence-corrected chi connectivity index (χ1v) is 8.94. The Morgan fingerprint density at radius 3 is 2.00 bits per heavy atom. The maximum Gasteiger partial charge on any atom is 0.245 e. The predicted octanol–water partition coefficient (Wildman–Crippen LogP) is 2.18. The van der Waals surface area contributed by atoms with Crippen LogP contribution in [0.25, 0.3) is 0 Å². The van der Waals surface area contributed by atoms with Gasteiger partial charge in [0.05, 0.1) is 0 Å². The van der Waals surface area contributed by atoms with E-state index in [0.717, 1.165) is 24.2 Å². The monoisotopic (exact) mass is 346 g/mol. The van der Waals surface area contributed by atoms with Gasteiger partial charge in [0, 0.05) is 38.6 Å².